The molecule has 1 aliphatic heterocycles. The Morgan fingerprint density at radius 1 is 1.42 bits per heavy atom. The van der Waals surface area contributed by atoms with Crippen molar-refractivity contribution in [2.75, 3.05) is 18.4 Å². The maximum absolute atomic E-state index is 12.1. The SMILES string of the molecule is Cc1cc(-c2csc(NC(=O)CCC3CCNCC3)n2)c(C)o1.Cl. The predicted molar refractivity (Wildman–Crippen MR) is 100.0 cm³/mol. The maximum atomic E-state index is 12.1. The van der Waals surface area contributed by atoms with Crippen LogP contribution in [0.25, 0.3) is 11.3 Å². The highest BCUT2D eigenvalue weighted by molar-refractivity contribution is 7.14. The van der Waals surface area contributed by atoms with Crippen LogP contribution in [-0.2, 0) is 4.79 Å². The summed E-state index contributed by atoms with van der Waals surface area (Å²) in [5.41, 5.74) is 1.85. The molecule has 2 aromatic heterocycles. The van der Waals surface area contributed by atoms with Crippen LogP contribution in [0.4, 0.5) is 5.13 Å². The van der Waals surface area contributed by atoms with Gasteiger partial charge in [0.05, 0.1) is 5.69 Å². The van der Waals surface area contributed by atoms with Crippen molar-refractivity contribution in [3.63, 3.8) is 0 Å². The lowest BCUT2D eigenvalue weighted by Gasteiger charge is -2.21. The van der Waals surface area contributed by atoms with E-state index in [1.165, 1.54) is 24.2 Å². The fraction of sp³-hybridized carbons (Fsp3) is 0.529. The van der Waals surface area contributed by atoms with E-state index in [9.17, 15) is 4.79 Å². The highest BCUT2D eigenvalue weighted by Gasteiger charge is 2.16. The molecule has 1 aliphatic rings. The smallest absolute Gasteiger partial charge is 0.226 e. The van der Waals surface area contributed by atoms with E-state index in [1.54, 1.807) is 0 Å². The lowest BCUT2D eigenvalue weighted by atomic mass is 9.93. The molecule has 0 aromatic carbocycles. The molecule has 3 heterocycles. The third-order valence-electron chi connectivity index (χ3n) is 4.31. The van der Waals surface area contributed by atoms with E-state index in [0.29, 0.717) is 17.5 Å². The number of carbonyl (C=O) groups excluding carboxylic acids is 1. The first-order valence-corrected chi connectivity index (χ1v) is 9.03. The van der Waals surface area contributed by atoms with Gasteiger partial charge in [-0.05, 0) is 58.2 Å². The number of hydrogen-bond donors (Lipinski definition) is 2. The normalized spacial score (nSPS) is 15.1. The number of hydrogen-bond acceptors (Lipinski definition) is 5. The van der Waals surface area contributed by atoms with Crippen LogP contribution in [0.3, 0.4) is 0 Å². The topological polar surface area (TPSA) is 67.2 Å². The van der Waals surface area contributed by atoms with Crippen LogP contribution in [-0.4, -0.2) is 24.0 Å². The molecule has 132 valence electrons. The first kappa shape index (κ1) is 19.0. The van der Waals surface area contributed by atoms with Crippen LogP contribution in [0.15, 0.2) is 15.9 Å². The second kappa shape index (κ2) is 8.65. The summed E-state index contributed by atoms with van der Waals surface area (Å²) in [5.74, 6) is 2.46. The Morgan fingerprint density at radius 2 is 2.17 bits per heavy atom. The third kappa shape index (κ3) is 4.82. The van der Waals surface area contributed by atoms with Crippen molar-refractivity contribution >= 4 is 34.8 Å². The molecule has 3 rings (SSSR count). The average molecular weight is 370 g/mol. The fourth-order valence-electron chi connectivity index (χ4n) is 3.03. The number of thiazole rings is 1. The van der Waals surface area contributed by atoms with Crippen LogP contribution >= 0.6 is 23.7 Å². The second-order valence-electron chi connectivity index (χ2n) is 6.15. The third-order valence-corrected chi connectivity index (χ3v) is 5.06. The highest BCUT2D eigenvalue weighted by Crippen LogP contribution is 2.29. The summed E-state index contributed by atoms with van der Waals surface area (Å²) >= 11 is 1.46. The van der Waals surface area contributed by atoms with Gasteiger partial charge < -0.3 is 15.1 Å². The van der Waals surface area contributed by atoms with Gasteiger partial charge in [-0.15, -0.1) is 23.7 Å². The molecular formula is C17H24ClN3O2S. The molecular weight excluding hydrogens is 346 g/mol. The number of piperidine rings is 1. The number of halogens is 1. The Labute approximate surface area is 152 Å². The van der Waals surface area contributed by atoms with Gasteiger partial charge in [0.2, 0.25) is 5.91 Å². The van der Waals surface area contributed by atoms with E-state index in [-0.39, 0.29) is 18.3 Å². The quantitative estimate of drug-likeness (QED) is 0.830. The summed E-state index contributed by atoms with van der Waals surface area (Å²) < 4.78 is 5.54. The number of furan rings is 1. The fourth-order valence-corrected chi connectivity index (χ4v) is 3.75. The Kier molecular flexibility index (Phi) is 6.83. The molecule has 0 spiro atoms. The van der Waals surface area contributed by atoms with Crippen LogP contribution in [0.5, 0.6) is 0 Å². The van der Waals surface area contributed by atoms with Gasteiger partial charge in [-0.25, -0.2) is 4.98 Å². The zero-order valence-corrected chi connectivity index (χ0v) is 15.7. The lowest BCUT2D eigenvalue weighted by Crippen LogP contribution is -2.28. The molecule has 0 radical (unpaired) electrons. The summed E-state index contributed by atoms with van der Waals surface area (Å²) in [6, 6.07) is 1.98. The van der Waals surface area contributed by atoms with Gasteiger partial charge in [-0.1, -0.05) is 0 Å². The number of amides is 1. The maximum Gasteiger partial charge on any atom is 0.226 e. The van der Waals surface area contributed by atoms with Crippen molar-refractivity contribution in [3.05, 3.63) is 23.0 Å². The first-order valence-electron chi connectivity index (χ1n) is 8.15. The molecule has 0 bridgehead atoms. The minimum atomic E-state index is 0. The molecule has 0 atom stereocenters. The molecule has 1 fully saturated rings. The number of aromatic nitrogens is 1. The Balaban J connectivity index is 0.00000208. The Hall–Kier alpha value is -1.37. The largest absolute Gasteiger partial charge is 0.466 e. The molecule has 2 N–H and O–H groups in total. The summed E-state index contributed by atoms with van der Waals surface area (Å²) in [5, 5.41) is 8.89. The number of rotatable bonds is 5. The van der Waals surface area contributed by atoms with Crippen molar-refractivity contribution in [1.29, 1.82) is 0 Å². The predicted octanol–water partition coefficient (Wildman–Crippen LogP) is 4.16. The number of nitrogens with one attached hydrogen (secondary N) is 2. The summed E-state index contributed by atoms with van der Waals surface area (Å²) in [6.45, 7) is 6.00. The number of aryl methyl sites for hydroxylation is 2. The molecule has 1 amide bonds. The number of anilines is 1. The van der Waals surface area contributed by atoms with Crippen LogP contribution in [0.1, 0.15) is 37.2 Å². The van der Waals surface area contributed by atoms with E-state index in [2.05, 4.69) is 15.6 Å². The van der Waals surface area contributed by atoms with Crippen LogP contribution in [0.2, 0.25) is 0 Å². The number of nitrogens with zero attached hydrogens (tertiary/aromatic N) is 1. The summed E-state index contributed by atoms with van der Waals surface area (Å²) in [4.78, 5) is 16.6. The van der Waals surface area contributed by atoms with E-state index >= 15 is 0 Å². The van der Waals surface area contributed by atoms with Gasteiger partial charge in [0.25, 0.3) is 0 Å². The summed E-state index contributed by atoms with van der Waals surface area (Å²) in [6.07, 6.45) is 3.89. The van der Waals surface area contributed by atoms with Gasteiger partial charge in [0, 0.05) is 17.4 Å². The van der Waals surface area contributed by atoms with Crippen molar-refractivity contribution in [2.24, 2.45) is 5.92 Å². The van der Waals surface area contributed by atoms with Gasteiger partial charge in [0.1, 0.15) is 11.5 Å². The molecule has 1 saturated heterocycles. The molecule has 5 nitrogen and oxygen atoms in total. The minimum Gasteiger partial charge on any atom is -0.466 e. The van der Waals surface area contributed by atoms with Crippen molar-refractivity contribution < 1.29 is 9.21 Å². The van der Waals surface area contributed by atoms with E-state index in [4.69, 9.17) is 4.42 Å². The summed E-state index contributed by atoms with van der Waals surface area (Å²) in [7, 11) is 0. The zero-order chi connectivity index (χ0) is 16.2. The van der Waals surface area contributed by atoms with Gasteiger partial charge in [-0.3, -0.25) is 4.79 Å². The molecule has 2 aromatic rings. The molecule has 0 unspecified atom stereocenters. The van der Waals surface area contributed by atoms with Crippen molar-refractivity contribution in [2.45, 2.75) is 39.5 Å². The Bertz CT molecular complexity index is 677. The minimum absolute atomic E-state index is 0. The molecule has 7 heteroatoms. The average Bonchev–Trinajstić information content (AvgIpc) is 3.12. The lowest BCUT2D eigenvalue weighted by molar-refractivity contribution is -0.116. The number of carbonyl (C=O) groups is 1. The van der Waals surface area contributed by atoms with Crippen molar-refractivity contribution in [3.8, 4) is 11.3 Å². The van der Waals surface area contributed by atoms with E-state index in [0.717, 1.165) is 42.3 Å². The van der Waals surface area contributed by atoms with Crippen LogP contribution < -0.4 is 10.6 Å². The Morgan fingerprint density at radius 3 is 2.83 bits per heavy atom. The van der Waals surface area contributed by atoms with Gasteiger partial charge >= 0.3 is 0 Å². The first-order chi connectivity index (χ1) is 11.1. The monoisotopic (exact) mass is 369 g/mol. The zero-order valence-electron chi connectivity index (χ0n) is 14.1. The molecule has 0 saturated carbocycles. The van der Waals surface area contributed by atoms with Gasteiger partial charge in [-0.2, -0.15) is 0 Å². The van der Waals surface area contributed by atoms with Crippen molar-refractivity contribution in [1.82, 2.24) is 10.3 Å². The van der Waals surface area contributed by atoms with Gasteiger partial charge in [0.15, 0.2) is 5.13 Å². The van der Waals surface area contributed by atoms with E-state index in [1.807, 2.05) is 25.3 Å². The van der Waals surface area contributed by atoms with E-state index < -0.39 is 0 Å². The molecule has 24 heavy (non-hydrogen) atoms. The second-order valence-corrected chi connectivity index (χ2v) is 7.00. The standard InChI is InChI=1S/C17H23N3O2S.ClH/c1-11-9-14(12(2)22-11)15-10-23-17(19-15)20-16(21)4-3-13-5-7-18-8-6-13;/h9-10,13,18H,3-8H2,1-2H3,(H,19,20,21);1H. The molecule has 0 aliphatic carbocycles. The highest BCUT2D eigenvalue weighted by atomic mass is 35.5. The van der Waals surface area contributed by atoms with Crippen LogP contribution in [0, 0.1) is 19.8 Å².